The van der Waals surface area contributed by atoms with Crippen molar-refractivity contribution in [3.63, 3.8) is 0 Å². The molecule has 0 atom stereocenters. The van der Waals surface area contributed by atoms with Crippen molar-refractivity contribution in [1.29, 1.82) is 0 Å². The van der Waals surface area contributed by atoms with Crippen molar-refractivity contribution < 1.29 is 9.66 Å². The fourth-order valence-corrected chi connectivity index (χ4v) is 1.73. The molecular formula is C14H23N3O3. The normalized spacial score (nSPS) is 10.6. The number of hydrogen-bond donors (Lipinski definition) is 2. The number of nitrogens with one attached hydrogen (secondary N) is 2. The molecule has 0 aliphatic rings. The van der Waals surface area contributed by atoms with Gasteiger partial charge in [-0.05, 0) is 26.8 Å². The van der Waals surface area contributed by atoms with Crippen LogP contribution < -0.4 is 15.4 Å². The van der Waals surface area contributed by atoms with E-state index in [9.17, 15) is 10.1 Å². The van der Waals surface area contributed by atoms with E-state index in [2.05, 4.69) is 17.6 Å². The average molecular weight is 281 g/mol. The molecule has 20 heavy (non-hydrogen) atoms. The largest absolute Gasteiger partial charge is 0.491 e. The number of nitrogens with zero attached hydrogens (tertiary/aromatic N) is 1. The fraction of sp³-hybridized carbons (Fsp3) is 0.571. The Hall–Kier alpha value is -1.82. The zero-order chi connectivity index (χ0) is 15.0. The van der Waals surface area contributed by atoms with Gasteiger partial charge in [0.25, 0.3) is 5.69 Å². The number of nitro benzene ring substituents is 1. The van der Waals surface area contributed by atoms with Crippen LogP contribution in [0.15, 0.2) is 18.2 Å². The van der Waals surface area contributed by atoms with Gasteiger partial charge in [-0.25, -0.2) is 0 Å². The summed E-state index contributed by atoms with van der Waals surface area (Å²) in [6.45, 7) is 8.38. The Kier molecular flexibility index (Phi) is 6.79. The molecule has 0 aromatic heterocycles. The maximum absolute atomic E-state index is 10.9. The Morgan fingerprint density at radius 3 is 2.60 bits per heavy atom. The maximum Gasteiger partial charge on any atom is 0.275 e. The van der Waals surface area contributed by atoms with E-state index in [1.54, 1.807) is 6.07 Å². The van der Waals surface area contributed by atoms with Gasteiger partial charge in [0.05, 0.1) is 17.1 Å². The first-order valence-corrected chi connectivity index (χ1v) is 6.93. The summed E-state index contributed by atoms with van der Waals surface area (Å²) in [5.74, 6) is 0.512. The zero-order valence-electron chi connectivity index (χ0n) is 12.3. The van der Waals surface area contributed by atoms with E-state index in [1.807, 2.05) is 13.8 Å². The molecular weight excluding hydrogens is 258 g/mol. The summed E-state index contributed by atoms with van der Waals surface area (Å²) in [7, 11) is 0. The van der Waals surface area contributed by atoms with Crippen LogP contribution in [0.5, 0.6) is 5.75 Å². The minimum absolute atomic E-state index is 0.0175. The molecule has 6 heteroatoms. The first kappa shape index (κ1) is 16.2. The topological polar surface area (TPSA) is 76.4 Å². The Balaban J connectivity index is 2.68. The second-order valence-electron chi connectivity index (χ2n) is 4.82. The predicted molar refractivity (Wildman–Crippen MR) is 80.5 cm³/mol. The van der Waals surface area contributed by atoms with Crippen LogP contribution in [0.4, 0.5) is 11.4 Å². The van der Waals surface area contributed by atoms with Crippen LogP contribution in [0.3, 0.4) is 0 Å². The highest BCUT2D eigenvalue weighted by atomic mass is 16.6. The Morgan fingerprint density at radius 2 is 2.00 bits per heavy atom. The number of ether oxygens (including phenoxy) is 1. The lowest BCUT2D eigenvalue weighted by atomic mass is 10.2. The monoisotopic (exact) mass is 281 g/mol. The van der Waals surface area contributed by atoms with Crippen LogP contribution in [0.2, 0.25) is 0 Å². The van der Waals surface area contributed by atoms with Crippen molar-refractivity contribution in [3.05, 3.63) is 28.3 Å². The van der Waals surface area contributed by atoms with E-state index in [1.165, 1.54) is 12.1 Å². The van der Waals surface area contributed by atoms with Crippen molar-refractivity contribution >= 4 is 11.4 Å². The molecule has 0 radical (unpaired) electrons. The smallest absolute Gasteiger partial charge is 0.275 e. The number of nitro groups is 1. The zero-order valence-corrected chi connectivity index (χ0v) is 12.3. The van der Waals surface area contributed by atoms with Gasteiger partial charge in [-0.2, -0.15) is 0 Å². The van der Waals surface area contributed by atoms with E-state index in [-0.39, 0.29) is 11.8 Å². The standard InChI is InChI=1S/C14H23N3O3/c1-4-5-15-6-7-16-12-8-13(17(18)19)10-14(9-12)20-11(2)3/h8-11,15-16H,4-7H2,1-3H3. The molecule has 0 bridgehead atoms. The Bertz CT molecular complexity index is 436. The van der Waals surface area contributed by atoms with Gasteiger partial charge in [0, 0.05) is 30.9 Å². The first-order valence-electron chi connectivity index (χ1n) is 6.93. The Morgan fingerprint density at radius 1 is 1.25 bits per heavy atom. The summed E-state index contributed by atoms with van der Waals surface area (Å²) in [5.41, 5.74) is 0.736. The van der Waals surface area contributed by atoms with Crippen molar-refractivity contribution in [2.24, 2.45) is 0 Å². The third-order valence-electron chi connectivity index (χ3n) is 2.53. The number of rotatable bonds is 9. The van der Waals surface area contributed by atoms with Gasteiger partial charge < -0.3 is 15.4 Å². The third-order valence-corrected chi connectivity index (χ3v) is 2.53. The van der Waals surface area contributed by atoms with Crippen LogP contribution in [-0.2, 0) is 0 Å². The van der Waals surface area contributed by atoms with Crippen molar-refractivity contribution in [2.45, 2.75) is 33.3 Å². The van der Waals surface area contributed by atoms with Gasteiger partial charge >= 0.3 is 0 Å². The average Bonchev–Trinajstić information content (AvgIpc) is 2.37. The van der Waals surface area contributed by atoms with Crippen LogP contribution in [-0.4, -0.2) is 30.7 Å². The van der Waals surface area contributed by atoms with Crippen LogP contribution in [0.1, 0.15) is 27.2 Å². The van der Waals surface area contributed by atoms with E-state index in [0.29, 0.717) is 18.0 Å². The number of non-ortho nitro benzene ring substituents is 1. The summed E-state index contributed by atoms with van der Waals surface area (Å²) >= 11 is 0. The first-order chi connectivity index (χ1) is 9.52. The van der Waals surface area contributed by atoms with Crippen molar-refractivity contribution in [2.75, 3.05) is 25.0 Å². The van der Waals surface area contributed by atoms with Gasteiger partial charge in [-0.3, -0.25) is 10.1 Å². The van der Waals surface area contributed by atoms with Gasteiger partial charge in [-0.1, -0.05) is 6.92 Å². The molecule has 112 valence electrons. The van der Waals surface area contributed by atoms with Crippen LogP contribution >= 0.6 is 0 Å². The second kappa shape index (κ2) is 8.37. The molecule has 0 unspecified atom stereocenters. The minimum Gasteiger partial charge on any atom is -0.491 e. The molecule has 1 aromatic carbocycles. The van der Waals surface area contributed by atoms with Crippen LogP contribution in [0.25, 0.3) is 0 Å². The lowest BCUT2D eigenvalue weighted by molar-refractivity contribution is -0.384. The number of hydrogen-bond acceptors (Lipinski definition) is 5. The molecule has 0 saturated carbocycles. The highest BCUT2D eigenvalue weighted by Gasteiger charge is 2.11. The van der Waals surface area contributed by atoms with Gasteiger partial charge in [-0.15, -0.1) is 0 Å². The molecule has 6 nitrogen and oxygen atoms in total. The van der Waals surface area contributed by atoms with Gasteiger partial charge in [0.15, 0.2) is 0 Å². The predicted octanol–water partition coefficient (Wildman–Crippen LogP) is 2.79. The van der Waals surface area contributed by atoms with E-state index < -0.39 is 4.92 Å². The number of benzene rings is 1. The minimum atomic E-state index is -0.409. The summed E-state index contributed by atoms with van der Waals surface area (Å²) in [5, 5.41) is 17.3. The summed E-state index contributed by atoms with van der Waals surface area (Å²) < 4.78 is 5.53. The molecule has 2 N–H and O–H groups in total. The maximum atomic E-state index is 10.9. The van der Waals surface area contributed by atoms with Crippen LogP contribution in [0, 0.1) is 10.1 Å². The molecule has 0 aliphatic carbocycles. The van der Waals surface area contributed by atoms with Crippen molar-refractivity contribution in [1.82, 2.24) is 5.32 Å². The molecule has 1 aromatic rings. The molecule has 0 spiro atoms. The van der Waals surface area contributed by atoms with E-state index in [4.69, 9.17) is 4.74 Å². The molecule has 1 rings (SSSR count). The van der Waals surface area contributed by atoms with Crippen molar-refractivity contribution in [3.8, 4) is 5.75 Å². The number of anilines is 1. The molecule has 0 aliphatic heterocycles. The molecule has 0 heterocycles. The second-order valence-corrected chi connectivity index (χ2v) is 4.82. The van der Waals surface area contributed by atoms with Gasteiger partial charge in [0.2, 0.25) is 0 Å². The molecule has 0 fully saturated rings. The summed E-state index contributed by atoms with van der Waals surface area (Å²) in [4.78, 5) is 10.5. The SMILES string of the molecule is CCCNCCNc1cc(OC(C)C)cc([N+](=O)[O-])c1. The summed E-state index contributed by atoms with van der Waals surface area (Å²) in [6, 6.07) is 4.75. The molecule has 0 saturated heterocycles. The Labute approximate surface area is 119 Å². The highest BCUT2D eigenvalue weighted by Crippen LogP contribution is 2.26. The third kappa shape index (κ3) is 5.88. The fourth-order valence-electron chi connectivity index (χ4n) is 1.73. The lowest BCUT2D eigenvalue weighted by Gasteiger charge is -2.12. The summed E-state index contributed by atoms with van der Waals surface area (Å²) in [6.07, 6.45) is 1.07. The van der Waals surface area contributed by atoms with Gasteiger partial charge in [0.1, 0.15) is 5.75 Å². The highest BCUT2D eigenvalue weighted by molar-refractivity contribution is 5.56. The molecule has 0 amide bonds. The van der Waals surface area contributed by atoms with E-state index >= 15 is 0 Å². The quantitative estimate of drug-likeness (QED) is 0.413. The van der Waals surface area contributed by atoms with E-state index in [0.717, 1.165) is 19.5 Å². The lowest BCUT2D eigenvalue weighted by Crippen LogP contribution is -2.22.